The van der Waals surface area contributed by atoms with Crippen molar-refractivity contribution < 1.29 is 18.3 Å². The summed E-state index contributed by atoms with van der Waals surface area (Å²) in [5.41, 5.74) is -0.597. The van der Waals surface area contributed by atoms with Crippen LogP contribution in [0.1, 0.15) is 16.8 Å². The molecular formula is C31H24F3N9O. The summed E-state index contributed by atoms with van der Waals surface area (Å²) in [4.78, 5) is 12.9. The van der Waals surface area contributed by atoms with Crippen LogP contribution in [0.5, 0.6) is 0 Å². The normalized spacial score (nSPS) is 18.0. The third kappa shape index (κ3) is 4.51. The third-order valence-corrected chi connectivity index (χ3v) is 8.23. The van der Waals surface area contributed by atoms with Gasteiger partial charge in [0.25, 0.3) is 0 Å². The molecule has 220 valence electrons. The first-order chi connectivity index (χ1) is 21.3. The van der Waals surface area contributed by atoms with Crippen molar-refractivity contribution in [3.05, 3.63) is 102 Å². The zero-order valence-corrected chi connectivity index (χ0v) is 23.1. The van der Waals surface area contributed by atoms with E-state index < -0.39 is 29.6 Å². The van der Waals surface area contributed by atoms with Crippen molar-refractivity contribution in [2.24, 2.45) is 0 Å². The molecule has 2 aliphatic heterocycles. The number of hydrogen-bond acceptors (Lipinski definition) is 9. The van der Waals surface area contributed by atoms with Gasteiger partial charge in [0, 0.05) is 61.0 Å². The smallest absolute Gasteiger partial charge is 0.323 e. The van der Waals surface area contributed by atoms with E-state index in [4.69, 9.17) is 5.26 Å². The fraction of sp³-hybridized carbons (Fsp3) is 0.226. The Labute approximate surface area is 249 Å². The van der Waals surface area contributed by atoms with Crippen LogP contribution in [0.4, 0.5) is 24.7 Å². The van der Waals surface area contributed by atoms with Crippen LogP contribution in [0.2, 0.25) is 0 Å². The maximum atomic E-state index is 16.1. The van der Waals surface area contributed by atoms with Crippen LogP contribution in [0.15, 0.2) is 79.1 Å². The van der Waals surface area contributed by atoms with Gasteiger partial charge in [-0.3, -0.25) is 4.98 Å². The monoisotopic (exact) mass is 595 g/mol. The van der Waals surface area contributed by atoms with Gasteiger partial charge in [0.1, 0.15) is 23.4 Å². The maximum absolute atomic E-state index is 16.1. The lowest BCUT2D eigenvalue weighted by atomic mass is 9.80. The molecular weight excluding hydrogens is 571 g/mol. The second-order valence-corrected chi connectivity index (χ2v) is 10.8. The van der Waals surface area contributed by atoms with E-state index in [-0.39, 0.29) is 17.0 Å². The Kier molecular flexibility index (Phi) is 6.51. The van der Waals surface area contributed by atoms with Gasteiger partial charge in [-0.05, 0) is 58.5 Å². The lowest BCUT2D eigenvalue weighted by molar-refractivity contribution is -0.207. The van der Waals surface area contributed by atoms with Crippen molar-refractivity contribution in [1.82, 2.24) is 30.2 Å². The minimum Gasteiger partial charge on any atom is -0.377 e. The van der Waals surface area contributed by atoms with Crippen LogP contribution in [-0.4, -0.2) is 61.5 Å². The summed E-state index contributed by atoms with van der Waals surface area (Å²) in [6.07, 6.45) is 2.93. The highest BCUT2D eigenvalue weighted by Crippen LogP contribution is 2.50. The second-order valence-electron chi connectivity index (χ2n) is 10.8. The highest BCUT2D eigenvalue weighted by molar-refractivity contribution is 5.67. The zero-order valence-electron chi connectivity index (χ0n) is 23.1. The molecule has 5 heterocycles. The number of halogens is 3. The first kappa shape index (κ1) is 27.5. The van der Waals surface area contributed by atoms with Gasteiger partial charge in [-0.25, -0.2) is 14.1 Å². The lowest BCUT2D eigenvalue weighted by Gasteiger charge is -2.39. The van der Waals surface area contributed by atoms with Crippen molar-refractivity contribution >= 4 is 11.5 Å². The molecule has 1 fully saturated rings. The average molecular weight is 596 g/mol. The Hall–Kier alpha value is -5.35. The molecule has 2 aliphatic rings. The number of tetrazole rings is 1. The van der Waals surface area contributed by atoms with E-state index in [2.05, 4.69) is 41.4 Å². The predicted octanol–water partition coefficient (Wildman–Crippen LogP) is 4.13. The summed E-state index contributed by atoms with van der Waals surface area (Å²) in [6, 6.07) is 19.4. The zero-order chi connectivity index (χ0) is 30.5. The largest absolute Gasteiger partial charge is 0.377 e. The molecule has 1 atom stereocenters. The third-order valence-electron chi connectivity index (χ3n) is 8.23. The molecule has 5 aromatic rings. The van der Waals surface area contributed by atoms with E-state index in [1.807, 2.05) is 30.3 Å². The molecule has 3 aromatic heterocycles. The molecule has 13 heteroatoms. The molecule has 1 N–H and O–H groups in total. The number of benzene rings is 2. The molecule has 1 saturated heterocycles. The number of anilines is 2. The Bertz CT molecular complexity index is 1860. The Morgan fingerprint density at radius 1 is 0.864 bits per heavy atom. The Morgan fingerprint density at radius 3 is 2.30 bits per heavy atom. The van der Waals surface area contributed by atoms with Gasteiger partial charge in [-0.15, -0.1) is 5.10 Å². The van der Waals surface area contributed by atoms with Gasteiger partial charge < -0.3 is 14.9 Å². The summed E-state index contributed by atoms with van der Waals surface area (Å²) in [5.74, 6) is -3.59. The number of nitriles is 1. The quantitative estimate of drug-likeness (QED) is 0.320. The lowest BCUT2D eigenvalue weighted by Crippen LogP contribution is -2.49. The first-order valence-corrected chi connectivity index (χ1v) is 13.9. The van der Waals surface area contributed by atoms with E-state index in [0.29, 0.717) is 11.1 Å². The second kappa shape index (κ2) is 10.4. The van der Waals surface area contributed by atoms with Crippen molar-refractivity contribution in [3.63, 3.8) is 0 Å². The van der Waals surface area contributed by atoms with Crippen molar-refractivity contribution in [2.75, 3.05) is 36.0 Å². The predicted molar refractivity (Wildman–Crippen MR) is 154 cm³/mol. The van der Waals surface area contributed by atoms with Crippen LogP contribution in [-0.2, 0) is 18.1 Å². The van der Waals surface area contributed by atoms with Crippen LogP contribution in [0.3, 0.4) is 0 Å². The molecule has 0 spiro atoms. The van der Waals surface area contributed by atoms with E-state index in [9.17, 15) is 9.50 Å². The summed E-state index contributed by atoms with van der Waals surface area (Å²) >= 11 is 0. The summed E-state index contributed by atoms with van der Waals surface area (Å²) in [5, 5.41) is 31.5. The number of hydrogen-bond donors (Lipinski definition) is 1. The van der Waals surface area contributed by atoms with E-state index >= 15 is 8.78 Å². The number of alkyl halides is 2. The molecule has 7 rings (SSSR count). The number of rotatable bonds is 5. The molecule has 0 bridgehead atoms. The highest BCUT2D eigenvalue weighted by Gasteiger charge is 2.59. The molecule has 0 unspecified atom stereocenters. The fourth-order valence-electron chi connectivity index (χ4n) is 5.80. The van der Waals surface area contributed by atoms with Crippen molar-refractivity contribution in [1.29, 1.82) is 5.26 Å². The molecule has 44 heavy (non-hydrogen) atoms. The van der Waals surface area contributed by atoms with Gasteiger partial charge in [0.15, 0.2) is 11.4 Å². The van der Waals surface area contributed by atoms with Crippen LogP contribution in [0, 0.1) is 17.1 Å². The maximum Gasteiger partial charge on any atom is 0.323 e. The summed E-state index contributed by atoms with van der Waals surface area (Å²) < 4.78 is 47.2. The number of pyridine rings is 2. The number of aliphatic hydroxyl groups is 1. The number of piperazine rings is 1. The van der Waals surface area contributed by atoms with Gasteiger partial charge in [-0.2, -0.15) is 14.0 Å². The van der Waals surface area contributed by atoms with Gasteiger partial charge in [0.2, 0.25) is 0 Å². The molecule has 0 saturated carbocycles. The van der Waals surface area contributed by atoms with Crippen LogP contribution < -0.4 is 9.80 Å². The van der Waals surface area contributed by atoms with Gasteiger partial charge >= 0.3 is 5.92 Å². The van der Waals surface area contributed by atoms with E-state index in [1.54, 1.807) is 12.3 Å². The van der Waals surface area contributed by atoms with Gasteiger partial charge in [-0.1, -0.05) is 24.3 Å². The summed E-state index contributed by atoms with van der Waals surface area (Å²) in [7, 11) is 0. The molecule has 0 radical (unpaired) electrons. The van der Waals surface area contributed by atoms with E-state index in [1.165, 1.54) is 18.3 Å². The molecule has 0 amide bonds. The molecule has 10 nitrogen and oxygen atoms in total. The number of nitrogens with zero attached hydrogens (tertiary/aromatic N) is 9. The first-order valence-electron chi connectivity index (χ1n) is 13.9. The van der Waals surface area contributed by atoms with Crippen LogP contribution >= 0.6 is 0 Å². The fourth-order valence-corrected chi connectivity index (χ4v) is 5.80. The van der Waals surface area contributed by atoms with Crippen LogP contribution in [0.25, 0.3) is 22.5 Å². The highest BCUT2D eigenvalue weighted by atomic mass is 19.3. The van der Waals surface area contributed by atoms with Crippen molar-refractivity contribution in [2.45, 2.75) is 18.1 Å². The average Bonchev–Trinajstić information content (AvgIpc) is 3.53. The SMILES string of the molecule is N#Cc1ccc(N2CCN(c3ccc(-c4ccc(C(F)(F)[C@]5(O)Cn6nnnc6-c6cc(F)ccc65)nc4)cc3)CC2)nc1. The summed E-state index contributed by atoms with van der Waals surface area (Å²) in [6.45, 7) is 2.50. The van der Waals surface area contributed by atoms with Crippen molar-refractivity contribution in [3.8, 4) is 28.6 Å². The molecule has 0 aliphatic carbocycles. The van der Waals surface area contributed by atoms with Gasteiger partial charge in [0.05, 0.1) is 12.1 Å². The van der Waals surface area contributed by atoms with E-state index in [0.717, 1.165) is 66.1 Å². The number of fused-ring (bicyclic) bond motifs is 3. The topological polar surface area (TPSA) is 120 Å². The Morgan fingerprint density at radius 2 is 1.61 bits per heavy atom. The minimum atomic E-state index is -3.86. The standard InChI is InChI=1S/C31H24F3N9O/c32-23-5-8-26-25(15-23)29-38-39-40-43(29)19-30(26,44)31(33,34)27-9-4-22(18-36-27)21-2-6-24(7-3-21)41-11-13-42(14-12-41)28-10-1-20(16-35)17-37-28/h1-10,15,17-18,44H,11-14,19H2/t30-/m0/s1. The molecule has 2 aromatic carbocycles. The number of aromatic nitrogens is 6. The minimum absolute atomic E-state index is 0.00697. The Balaban J connectivity index is 1.07.